The van der Waals surface area contributed by atoms with Gasteiger partial charge in [-0.05, 0) is 19.3 Å². The Labute approximate surface area is 147 Å². The zero-order valence-electron chi connectivity index (χ0n) is 15.3. The van der Waals surface area contributed by atoms with Crippen LogP contribution in [0.2, 0.25) is 0 Å². The van der Waals surface area contributed by atoms with E-state index in [1.165, 1.54) is 70.6 Å². The maximum Gasteiger partial charge on any atom is 0.318 e. The van der Waals surface area contributed by atoms with E-state index in [0.717, 1.165) is 12.8 Å². The van der Waals surface area contributed by atoms with E-state index < -0.39 is 17.9 Å². The van der Waals surface area contributed by atoms with Gasteiger partial charge in [0.2, 0.25) is 0 Å². The van der Waals surface area contributed by atoms with Gasteiger partial charge in [-0.3, -0.25) is 9.59 Å². The van der Waals surface area contributed by atoms with Crippen molar-refractivity contribution in [3.63, 3.8) is 0 Å². The molecule has 0 aromatic heterocycles. The van der Waals surface area contributed by atoms with Gasteiger partial charge in [-0.25, -0.2) is 0 Å². The summed E-state index contributed by atoms with van der Waals surface area (Å²) in [5.41, 5.74) is 0. The Morgan fingerprint density at radius 2 is 1.12 bits per heavy atom. The topological polar surface area (TPSA) is 74.6 Å². The van der Waals surface area contributed by atoms with Crippen LogP contribution in [0.4, 0.5) is 0 Å². The van der Waals surface area contributed by atoms with Crippen molar-refractivity contribution < 1.29 is 19.8 Å². The molecule has 0 rings (SSSR count). The molecule has 0 saturated heterocycles. The monoisotopic (exact) mass is 340 g/mol. The van der Waals surface area contributed by atoms with Crippen molar-refractivity contribution in [3.05, 3.63) is 12.2 Å². The summed E-state index contributed by atoms with van der Waals surface area (Å²) in [6.45, 7) is 2.25. The maximum atomic E-state index is 10.7. The summed E-state index contributed by atoms with van der Waals surface area (Å²) in [5.74, 6) is -3.85. The highest BCUT2D eigenvalue weighted by molar-refractivity contribution is 5.92. The largest absolute Gasteiger partial charge is 0.481 e. The van der Waals surface area contributed by atoms with Crippen LogP contribution in [0.25, 0.3) is 0 Å². The van der Waals surface area contributed by atoms with Gasteiger partial charge in [-0.15, -0.1) is 0 Å². The average molecular weight is 341 g/mol. The molecule has 0 bridgehead atoms. The van der Waals surface area contributed by atoms with Gasteiger partial charge in [0.1, 0.15) is 0 Å². The first-order valence-electron chi connectivity index (χ1n) is 9.70. The van der Waals surface area contributed by atoms with Crippen LogP contribution in [-0.2, 0) is 9.59 Å². The Morgan fingerprint density at radius 1 is 0.708 bits per heavy atom. The van der Waals surface area contributed by atoms with E-state index in [-0.39, 0.29) is 6.42 Å². The number of hydrogen-bond acceptors (Lipinski definition) is 2. The summed E-state index contributed by atoms with van der Waals surface area (Å²) in [4.78, 5) is 21.4. The Balaban J connectivity index is 3.34. The second-order valence-corrected chi connectivity index (χ2v) is 6.61. The van der Waals surface area contributed by atoms with Crippen molar-refractivity contribution in [1.82, 2.24) is 0 Å². The molecule has 0 aromatic rings. The van der Waals surface area contributed by atoms with E-state index in [0.29, 0.717) is 0 Å². The number of allylic oxidation sites excluding steroid dienone is 2. The normalized spacial score (nSPS) is 11.4. The molecule has 0 amide bonds. The van der Waals surface area contributed by atoms with Gasteiger partial charge in [-0.2, -0.15) is 0 Å². The number of aliphatic carboxylic acids is 2. The number of hydrogen-bond donors (Lipinski definition) is 2. The lowest BCUT2D eigenvalue weighted by molar-refractivity contribution is -0.154. The second kappa shape index (κ2) is 16.5. The van der Waals surface area contributed by atoms with Gasteiger partial charge < -0.3 is 10.2 Å². The molecule has 4 nitrogen and oxygen atoms in total. The molecule has 0 aliphatic carbocycles. The van der Waals surface area contributed by atoms with E-state index in [1.54, 1.807) is 6.08 Å². The van der Waals surface area contributed by atoms with Crippen molar-refractivity contribution in [3.8, 4) is 0 Å². The number of carboxylic acids is 2. The molecule has 0 atom stereocenters. The third-order valence-electron chi connectivity index (χ3n) is 4.36. The summed E-state index contributed by atoms with van der Waals surface area (Å²) in [7, 11) is 0. The highest BCUT2D eigenvalue weighted by atomic mass is 16.4. The quantitative estimate of drug-likeness (QED) is 0.199. The van der Waals surface area contributed by atoms with Crippen LogP contribution in [0.5, 0.6) is 0 Å². The van der Waals surface area contributed by atoms with Gasteiger partial charge >= 0.3 is 11.9 Å². The summed E-state index contributed by atoms with van der Waals surface area (Å²) >= 11 is 0. The van der Waals surface area contributed by atoms with Crippen molar-refractivity contribution in [2.75, 3.05) is 0 Å². The number of carbonyl (C=O) groups is 2. The highest BCUT2D eigenvalue weighted by Crippen LogP contribution is 2.13. The van der Waals surface area contributed by atoms with Crippen LogP contribution >= 0.6 is 0 Å². The van der Waals surface area contributed by atoms with Crippen molar-refractivity contribution in [2.24, 2.45) is 5.92 Å². The predicted octanol–water partition coefficient (Wildman–Crippen LogP) is 5.81. The van der Waals surface area contributed by atoms with Gasteiger partial charge in [-0.1, -0.05) is 89.7 Å². The van der Waals surface area contributed by atoms with Crippen LogP contribution in [0.3, 0.4) is 0 Å². The minimum atomic E-state index is -1.32. The molecule has 0 fully saturated rings. The average Bonchev–Trinajstić information content (AvgIpc) is 2.53. The Bertz CT molecular complexity index is 336. The molecular weight excluding hydrogens is 304 g/mol. The molecule has 0 spiro atoms. The molecule has 24 heavy (non-hydrogen) atoms. The molecule has 0 aromatic carbocycles. The third kappa shape index (κ3) is 14.3. The van der Waals surface area contributed by atoms with Gasteiger partial charge in [0.05, 0.1) is 0 Å². The van der Waals surface area contributed by atoms with Crippen LogP contribution in [0.15, 0.2) is 12.2 Å². The van der Waals surface area contributed by atoms with E-state index >= 15 is 0 Å². The third-order valence-corrected chi connectivity index (χ3v) is 4.36. The van der Waals surface area contributed by atoms with E-state index in [9.17, 15) is 9.59 Å². The Hall–Kier alpha value is -1.32. The van der Waals surface area contributed by atoms with E-state index in [1.807, 2.05) is 6.08 Å². The summed E-state index contributed by atoms with van der Waals surface area (Å²) in [6, 6.07) is 0. The Morgan fingerprint density at radius 3 is 1.54 bits per heavy atom. The molecule has 0 saturated carbocycles. The fourth-order valence-electron chi connectivity index (χ4n) is 2.76. The van der Waals surface area contributed by atoms with Crippen molar-refractivity contribution in [1.29, 1.82) is 0 Å². The fourth-order valence-corrected chi connectivity index (χ4v) is 2.76. The zero-order valence-corrected chi connectivity index (χ0v) is 15.3. The van der Waals surface area contributed by atoms with Crippen LogP contribution in [-0.4, -0.2) is 22.2 Å². The van der Waals surface area contributed by atoms with Gasteiger partial charge in [0.25, 0.3) is 0 Å². The summed E-state index contributed by atoms with van der Waals surface area (Å²) in [5, 5.41) is 17.5. The molecule has 0 unspecified atom stereocenters. The summed E-state index contributed by atoms with van der Waals surface area (Å²) in [6.07, 6.45) is 20.4. The van der Waals surface area contributed by atoms with E-state index in [2.05, 4.69) is 6.92 Å². The Kier molecular flexibility index (Phi) is 15.6. The minimum Gasteiger partial charge on any atom is -0.481 e. The first-order chi connectivity index (χ1) is 11.6. The highest BCUT2D eigenvalue weighted by Gasteiger charge is 2.23. The molecule has 0 radical (unpaired) electrons. The van der Waals surface area contributed by atoms with E-state index in [4.69, 9.17) is 10.2 Å². The number of rotatable bonds is 17. The lowest BCUT2D eigenvalue weighted by Gasteiger charge is -2.03. The zero-order chi connectivity index (χ0) is 18.0. The van der Waals surface area contributed by atoms with Crippen LogP contribution in [0.1, 0.15) is 96.8 Å². The van der Waals surface area contributed by atoms with Gasteiger partial charge in [0.15, 0.2) is 5.92 Å². The molecule has 140 valence electrons. The molecule has 0 aliphatic heterocycles. The number of carboxylic acid groups (broad SMARTS) is 2. The molecular formula is C20H36O4. The first kappa shape index (κ1) is 22.7. The SMILES string of the molecule is CCCCCCCCCCCCCC/C=C/CC(C(=O)O)C(=O)O. The van der Waals surface area contributed by atoms with Crippen LogP contribution in [0, 0.1) is 5.92 Å². The van der Waals surface area contributed by atoms with Crippen LogP contribution < -0.4 is 0 Å². The van der Waals surface area contributed by atoms with Gasteiger partial charge in [0, 0.05) is 0 Å². The van der Waals surface area contributed by atoms with Crippen molar-refractivity contribution >= 4 is 11.9 Å². The lowest BCUT2D eigenvalue weighted by Crippen LogP contribution is -2.22. The molecule has 0 aliphatic rings. The first-order valence-corrected chi connectivity index (χ1v) is 9.70. The standard InChI is InChI=1S/C20H36O4/c1-2-3-4-5-6-7-8-9-10-11-12-13-14-15-16-17-18(19(21)22)20(23)24/h15-16,18H,2-14,17H2,1H3,(H,21,22)(H,23,24)/b16-15+. The number of unbranched alkanes of at least 4 members (excludes halogenated alkanes) is 12. The minimum absolute atomic E-state index is 0.0723. The second-order valence-electron chi connectivity index (χ2n) is 6.61. The molecule has 2 N–H and O–H groups in total. The molecule has 4 heteroatoms. The lowest BCUT2D eigenvalue weighted by atomic mass is 10.0. The summed E-state index contributed by atoms with van der Waals surface area (Å²) < 4.78 is 0. The maximum absolute atomic E-state index is 10.7. The predicted molar refractivity (Wildman–Crippen MR) is 98.2 cm³/mol. The molecule has 0 heterocycles. The smallest absolute Gasteiger partial charge is 0.318 e. The van der Waals surface area contributed by atoms with Crippen molar-refractivity contribution in [2.45, 2.75) is 96.8 Å². The fraction of sp³-hybridized carbons (Fsp3) is 0.800.